The Balaban J connectivity index is 1.52. The molecule has 4 aromatic rings. The van der Waals surface area contributed by atoms with Gasteiger partial charge in [0.15, 0.2) is 0 Å². The lowest BCUT2D eigenvalue weighted by atomic mass is 9.96. The number of hydrogen-bond acceptors (Lipinski definition) is 3. The number of halogens is 4. The van der Waals surface area contributed by atoms with Gasteiger partial charge in [-0.25, -0.2) is 17.6 Å². The van der Waals surface area contributed by atoms with E-state index in [1.807, 2.05) is 0 Å². The molecule has 2 amide bonds. The fourth-order valence-corrected chi connectivity index (χ4v) is 4.44. The first kappa shape index (κ1) is 29.5. The number of aliphatic hydroxyl groups excluding tert-OH is 1. The summed E-state index contributed by atoms with van der Waals surface area (Å²) in [5.41, 5.74) is 1.29. The molecule has 0 heterocycles. The maximum absolute atomic E-state index is 14.5. The Bertz CT molecular complexity index is 1570. The average Bonchev–Trinajstić information content (AvgIpc) is 2.94. The van der Waals surface area contributed by atoms with E-state index in [4.69, 9.17) is 0 Å². The summed E-state index contributed by atoms with van der Waals surface area (Å²) in [6, 6.07) is 19.5. The van der Waals surface area contributed by atoms with Crippen LogP contribution in [0.25, 0.3) is 11.1 Å². The summed E-state index contributed by atoms with van der Waals surface area (Å²) in [6.45, 7) is 3.28. The minimum absolute atomic E-state index is 0.0491. The highest BCUT2D eigenvalue weighted by atomic mass is 19.3. The van der Waals surface area contributed by atoms with E-state index in [9.17, 15) is 32.3 Å². The van der Waals surface area contributed by atoms with Gasteiger partial charge in [-0.05, 0) is 61.0 Å². The normalized spacial score (nSPS) is 12.1. The number of hydrogen-bond donors (Lipinski definition) is 3. The molecule has 0 aliphatic carbocycles. The lowest BCUT2D eigenvalue weighted by molar-refractivity contribution is -0.115. The minimum atomic E-state index is -3.38. The van der Waals surface area contributed by atoms with Crippen molar-refractivity contribution >= 4 is 23.2 Å². The summed E-state index contributed by atoms with van der Waals surface area (Å²) in [6.07, 6.45) is -2.45. The van der Waals surface area contributed by atoms with Crippen molar-refractivity contribution in [2.75, 3.05) is 10.6 Å². The van der Waals surface area contributed by atoms with Crippen molar-refractivity contribution < 1.29 is 32.3 Å². The molecule has 0 spiro atoms. The van der Waals surface area contributed by atoms with Crippen LogP contribution in [0.2, 0.25) is 0 Å². The van der Waals surface area contributed by atoms with Crippen molar-refractivity contribution in [2.45, 2.75) is 38.7 Å². The molecule has 5 nitrogen and oxygen atoms in total. The van der Waals surface area contributed by atoms with Gasteiger partial charge >= 0.3 is 0 Å². The minimum Gasteiger partial charge on any atom is -0.382 e. The maximum atomic E-state index is 14.5. The lowest BCUT2D eigenvalue weighted by Crippen LogP contribution is -2.27. The van der Waals surface area contributed by atoms with E-state index in [-0.39, 0.29) is 45.6 Å². The van der Waals surface area contributed by atoms with E-state index in [2.05, 4.69) is 10.6 Å². The summed E-state index contributed by atoms with van der Waals surface area (Å²) in [5, 5.41) is 15.6. The highest BCUT2D eigenvalue weighted by molar-refractivity contribution is 6.09. The van der Waals surface area contributed by atoms with Crippen LogP contribution in [0.4, 0.5) is 28.9 Å². The van der Waals surface area contributed by atoms with Crippen LogP contribution in [0.15, 0.2) is 84.9 Å². The first-order chi connectivity index (χ1) is 19.5. The summed E-state index contributed by atoms with van der Waals surface area (Å²) in [5.74, 6) is -5.93. The van der Waals surface area contributed by atoms with Gasteiger partial charge in [0.2, 0.25) is 0 Å². The molecule has 0 fully saturated rings. The zero-order valence-electron chi connectivity index (χ0n) is 22.4. The number of alkyl halides is 2. The largest absolute Gasteiger partial charge is 0.382 e. The smallest absolute Gasteiger partial charge is 0.277 e. The second kappa shape index (κ2) is 12.3. The van der Waals surface area contributed by atoms with Gasteiger partial charge in [-0.15, -0.1) is 0 Å². The topological polar surface area (TPSA) is 78.4 Å². The van der Waals surface area contributed by atoms with Crippen LogP contribution in [0.5, 0.6) is 0 Å². The molecule has 0 aliphatic rings. The monoisotopic (exact) mass is 564 g/mol. The second-order valence-electron chi connectivity index (χ2n) is 9.66. The predicted octanol–water partition coefficient (Wildman–Crippen LogP) is 7.91. The first-order valence-corrected chi connectivity index (χ1v) is 12.9. The molecule has 1 atom stereocenters. The first-order valence-electron chi connectivity index (χ1n) is 12.9. The molecule has 9 heteroatoms. The van der Waals surface area contributed by atoms with Gasteiger partial charge < -0.3 is 15.7 Å². The molecule has 4 aromatic carbocycles. The number of nitrogens with one attached hydrogen (secondary N) is 2. The highest BCUT2D eigenvalue weighted by Crippen LogP contribution is 2.39. The number of rotatable bonds is 9. The number of benzene rings is 4. The third kappa shape index (κ3) is 6.81. The van der Waals surface area contributed by atoms with Gasteiger partial charge in [0.1, 0.15) is 17.7 Å². The SMILES string of the molecule is CCCC(F)(F)[C@H](O)c1cc(C)ccc1NC(=O)c1ccc(NC(=O)c2cc(F)ccc2-c2ccccc2F)cc1. The van der Waals surface area contributed by atoms with E-state index < -0.39 is 41.9 Å². The fraction of sp³-hybridized carbons (Fsp3) is 0.188. The van der Waals surface area contributed by atoms with Crippen LogP contribution >= 0.6 is 0 Å². The van der Waals surface area contributed by atoms with Gasteiger partial charge in [0.05, 0.1) is 5.56 Å². The van der Waals surface area contributed by atoms with Crippen LogP contribution in [-0.4, -0.2) is 22.8 Å². The zero-order valence-corrected chi connectivity index (χ0v) is 22.4. The molecule has 41 heavy (non-hydrogen) atoms. The predicted molar refractivity (Wildman–Crippen MR) is 150 cm³/mol. The molecule has 0 radical (unpaired) electrons. The second-order valence-corrected chi connectivity index (χ2v) is 9.66. The molecule has 3 N–H and O–H groups in total. The quantitative estimate of drug-likeness (QED) is 0.181. The fourth-order valence-electron chi connectivity index (χ4n) is 4.44. The Hall–Kier alpha value is -4.50. The molecule has 212 valence electrons. The van der Waals surface area contributed by atoms with Gasteiger partial charge in [-0.1, -0.05) is 55.3 Å². The molecular formula is C32H28F4N2O3. The molecule has 0 saturated carbocycles. The van der Waals surface area contributed by atoms with Crippen molar-refractivity contribution in [3.8, 4) is 11.1 Å². The number of carbonyl (C=O) groups excluding carboxylic acids is 2. The number of aliphatic hydroxyl groups is 1. The summed E-state index contributed by atoms with van der Waals surface area (Å²) in [7, 11) is 0. The third-order valence-corrected chi connectivity index (χ3v) is 6.53. The molecule has 0 aromatic heterocycles. The van der Waals surface area contributed by atoms with Crippen LogP contribution in [0, 0.1) is 18.6 Å². The molecule has 0 aliphatic heterocycles. The number of carbonyl (C=O) groups is 2. The molecule has 0 unspecified atom stereocenters. The number of amides is 2. The van der Waals surface area contributed by atoms with E-state index in [0.29, 0.717) is 5.56 Å². The van der Waals surface area contributed by atoms with Crippen LogP contribution in [0.3, 0.4) is 0 Å². The number of aryl methyl sites for hydroxylation is 1. The summed E-state index contributed by atoms with van der Waals surface area (Å²) < 4.78 is 57.3. The molecule has 0 bridgehead atoms. The average molecular weight is 565 g/mol. The Kier molecular flexibility index (Phi) is 8.88. The van der Waals surface area contributed by atoms with Gasteiger partial charge in [-0.2, -0.15) is 0 Å². The lowest BCUT2D eigenvalue weighted by Gasteiger charge is -2.25. The highest BCUT2D eigenvalue weighted by Gasteiger charge is 2.39. The zero-order chi connectivity index (χ0) is 29.7. The van der Waals surface area contributed by atoms with Gasteiger partial charge in [-0.3, -0.25) is 9.59 Å². The summed E-state index contributed by atoms with van der Waals surface area (Å²) >= 11 is 0. The van der Waals surface area contributed by atoms with Crippen LogP contribution in [-0.2, 0) is 0 Å². The van der Waals surface area contributed by atoms with Gasteiger partial charge in [0.25, 0.3) is 17.7 Å². The Morgan fingerprint density at radius 1 is 0.854 bits per heavy atom. The molecule has 0 saturated heterocycles. The Labute approximate surface area is 234 Å². The van der Waals surface area contributed by atoms with E-state index >= 15 is 0 Å². The van der Waals surface area contributed by atoms with Gasteiger partial charge in [0, 0.05) is 34.5 Å². The van der Waals surface area contributed by atoms with E-state index in [1.54, 1.807) is 26.0 Å². The van der Waals surface area contributed by atoms with Crippen LogP contribution < -0.4 is 10.6 Å². The standard InChI is InChI=1S/C32H28F4N2O3/c1-3-16-32(35,36)29(39)26-17-19(2)8-15-28(26)38-30(40)20-9-12-22(13-10-20)37-31(41)25-18-21(33)11-14-23(25)24-6-4-5-7-27(24)34/h4-15,17-18,29,39H,3,16H2,1-2H3,(H,37,41)(H,38,40)/t29-/m1/s1. The summed E-state index contributed by atoms with van der Waals surface area (Å²) in [4.78, 5) is 26.0. The van der Waals surface area contributed by atoms with Crippen molar-refractivity contribution in [3.05, 3.63) is 119 Å². The van der Waals surface area contributed by atoms with Crippen molar-refractivity contribution in [2.24, 2.45) is 0 Å². The van der Waals surface area contributed by atoms with Crippen molar-refractivity contribution in [1.29, 1.82) is 0 Å². The van der Waals surface area contributed by atoms with Crippen molar-refractivity contribution in [3.63, 3.8) is 0 Å². The number of anilines is 2. The van der Waals surface area contributed by atoms with Crippen LogP contribution in [0.1, 0.15) is 57.7 Å². The Morgan fingerprint density at radius 2 is 1.56 bits per heavy atom. The molecule has 4 rings (SSSR count). The van der Waals surface area contributed by atoms with E-state index in [1.165, 1.54) is 60.7 Å². The van der Waals surface area contributed by atoms with Crippen molar-refractivity contribution in [1.82, 2.24) is 0 Å². The molecular weight excluding hydrogens is 536 g/mol. The Morgan fingerprint density at radius 3 is 2.24 bits per heavy atom. The van der Waals surface area contributed by atoms with E-state index in [0.717, 1.165) is 12.1 Å². The maximum Gasteiger partial charge on any atom is 0.277 e. The third-order valence-electron chi connectivity index (χ3n) is 6.53.